The summed E-state index contributed by atoms with van der Waals surface area (Å²) in [6, 6.07) is 7.72. The van der Waals surface area contributed by atoms with E-state index >= 15 is 0 Å². The molecule has 0 radical (unpaired) electrons. The van der Waals surface area contributed by atoms with Crippen LogP contribution in [0.5, 0.6) is 0 Å². The zero-order valence-electron chi connectivity index (χ0n) is 7.46. The van der Waals surface area contributed by atoms with E-state index in [0.29, 0.717) is 16.1 Å². The predicted molar refractivity (Wildman–Crippen MR) is 57.3 cm³/mol. The molecule has 2 N–H and O–H groups in total. The Kier molecular flexibility index (Phi) is 2.61. The van der Waals surface area contributed by atoms with Gasteiger partial charge in [0.05, 0.1) is 0 Å². The normalized spacial score (nSPS) is 11.9. The van der Waals surface area contributed by atoms with Crippen LogP contribution in [-0.4, -0.2) is 27.3 Å². The van der Waals surface area contributed by atoms with Crippen LogP contribution in [0.3, 0.4) is 0 Å². The van der Waals surface area contributed by atoms with Crippen LogP contribution in [0.4, 0.5) is 0 Å². The quantitative estimate of drug-likeness (QED) is 0.590. The van der Waals surface area contributed by atoms with Gasteiger partial charge in [-0.1, -0.05) is 0 Å². The predicted octanol–water partition coefficient (Wildman–Crippen LogP) is 0.449. The second-order valence-electron chi connectivity index (χ2n) is 3.02. The first-order chi connectivity index (χ1) is 6.98. The van der Waals surface area contributed by atoms with Gasteiger partial charge in [0.2, 0.25) is 0 Å². The number of pyridine rings is 1. The number of fused-ring (bicyclic) bond motifs is 1. The van der Waals surface area contributed by atoms with Crippen molar-refractivity contribution < 1.29 is 11.9 Å². The van der Waals surface area contributed by atoms with Crippen LogP contribution in [0, 0.1) is 0 Å². The number of aromatic nitrogens is 1. The number of halogens is 1. The van der Waals surface area contributed by atoms with Gasteiger partial charge in [0.15, 0.2) is 0 Å². The van der Waals surface area contributed by atoms with Crippen LogP contribution < -0.4 is 4.35 Å². The third-order valence-corrected chi connectivity index (χ3v) is 4.33. The molecule has 2 aromatic rings. The number of benzene rings is 1. The number of rotatable bonds is 1. The van der Waals surface area contributed by atoms with Crippen molar-refractivity contribution in [1.82, 2.24) is 4.98 Å². The fourth-order valence-corrected chi connectivity index (χ4v) is 3.17. The van der Waals surface area contributed by atoms with E-state index in [4.69, 9.17) is 19.8 Å². The minimum atomic E-state index is -4.89. The van der Waals surface area contributed by atoms with Crippen molar-refractivity contribution >= 4 is 41.0 Å². The van der Waals surface area contributed by atoms with Crippen molar-refractivity contribution in [3.63, 3.8) is 0 Å². The molecule has 0 saturated heterocycles. The van der Waals surface area contributed by atoms with Gasteiger partial charge in [-0.05, 0) is 0 Å². The van der Waals surface area contributed by atoms with E-state index in [1.54, 1.807) is 18.2 Å². The van der Waals surface area contributed by atoms with Crippen molar-refractivity contribution in [2.24, 2.45) is 0 Å². The summed E-state index contributed by atoms with van der Waals surface area (Å²) in [5.74, 6) is 0. The SMILES string of the molecule is O=[As](O)(O)c1cccc2nc(Cl)ccc12. The first-order valence-electron chi connectivity index (χ1n) is 4.10. The summed E-state index contributed by atoms with van der Waals surface area (Å²) in [4.78, 5) is 3.98. The molecule has 0 atom stereocenters. The summed E-state index contributed by atoms with van der Waals surface area (Å²) in [6.07, 6.45) is 0. The second kappa shape index (κ2) is 3.65. The molecule has 0 amide bonds. The third-order valence-electron chi connectivity index (χ3n) is 1.99. The standard InChI is InChI=1S/C9H7AsClNO3/c11-9-5-4-6-7(10(13,14)15)2-1-3-8(6)12-9/h1-5H,(H2,13,14,15). The Bertz CT molecular complexity index is 566. The molecule has 1 aromatic carbocycles. The van der Waals surface area contributed by atoms with Gasteiger partial charge >= 0.3 is 93.4 Å². The summed E-state index contributed by atoms with van der Waals surface area (Å²) < 4.78 is 29.6. The van der Waals surface area contributed by atoms with Gasteiger partial charge in [-0.2, -0.15) is 0 Å². The Morgan fingerprint density at radius 2 is 1.93 bits per heavy atom. The Balaban J connectivity index is 2.83. The Morgan fingerprint density at radius 1 is 1.20 bits per heavy atom. The van der Waals surface area contributed by atoms with Crippen LogP contribution >= 0.6 is 11.6 Å². The maximum absolute atomic E-state index is 11.2. The maximum atomic E-state index is 11.2. The average molecular weight is 288 g/mol. The van der Waals surface area contributed by atoms with E-state index in [9.17, 15) is 3.74 Å². The van der Waals surface area contributed by atoms with Crippen molar-refractivity contribution in [3.8, 4) is 0 Å². The molecule has 6 heteroatoms. The third kappa shape index (κ3) is 2.08. The molecule has 0 aliphatic rings. The summed E-state index contributed by atoms with van der Waals surface area (Å²) in [5.41, 5.74) is 0.490. The molecule has 0 fully saturated rings. The Labute approximate surface area is 93.5 Å². The summed E-state index contributed by atoms with van der Waals surface area (Å²) in [7, 11) is 0. The van der Waals surface area contributed by atoms with Crippen LogP contribution in [0.15, 0.2) is 30.3 Å². The van der Waals surface area contributed by atoms with Gasteiger partial charge in [0.1, 0.15) is 0 Å². The molecule has 1 aromatic heterocycles. The molecule has 0 bridgehead atoms. The van der Waals surface area contributed by atoms with Gasteiger partial charge in [-0.25, -0.2) is 0 Å². The van der Waals surface area contributed by atoms with E-state index in [0.717, 1.165) is 0 Å². The molecule has 0 unspecified atom stereocenters. The first-order valence-corrected chi connectivity index (χ1v) is 7.86. The van der Waals surface area contributed by atoms with Gasteiger partial charge in [0.25, 0.3) is 0 Å². The zero-order chi connectivity index (χ0) is 11.1. The van der Waals surface area contributed by atoms with Crippen molar-refractivity contribution in [3.05, 3.63) is 35.5 Å². The van der Waals surface area contributed by atoms with Crippen LogP contribution in [-0.2, 0) is 3.74 Å². The molecular weight excluding hydrogens is 280 g/mol. The zero-order valence-corrected chi connectivity index (χ0v) is 10.1. The first kappa shape index (κ1) is 10.7. The monoisotopic (exact) mass is 287 g/mol. The fraction of sp³-hybridized carbons (Fsp3) is 0. The molecule has 15 heavy (non-hydrogen) atoms. The van der Waals surface area contributed by atoms with Crippen LogP contribution in [0.1, 0.15) is 0 Å². The topological polar surface area (TPSA) is 70.4 Å². The minimum absolute atomic E-state index is 0.0368. The molecule has 4 nitrogen and oxygen atoms in total. The molecule has 0 aliphatic heterocycles. The van der Waals surface area contributed by atoms with Gasteiger partial charge in [-0.15, -0.1) is 0 Å². The molecule has 0 saturated carbocycles. The average Bonchev–Trinajstić information content (AvgIpc) is 2.15. The van der Waals surface area contributed by atoms with E-state index in [-0.39, 0.29) is 4.35 Å². The van der Waals surface area contributed by atoms with Gasteiger partial charge in [0, 0.05) is 0 Å². The van der Waals surface area contributed by atoms with E-state index in [1.807, 2.05) is 0 Å². The van der Waals surface area contributed by atoms with E-state index in [2.05, 4.69) is 4.98 Å². The number of hydrogen-bond donors (Lipinski definition) is 2. The van der Waals surface area contributed by atoms with Gasteiger partial charge in [-0.3, -0.25) is 0 Å². The van der Waals surface area contributed by atoms with Crippen molar-refractivity contribution in [2.75, 3.05) is 0 Å². The summed E-state index contributed by atoms with van der Waals surface area (Å²) in [5, 5.41) is 0.757. The van der Waals surface area contributed by atoms with Crippen LogP contribution in [0.25, 0.3) is 10.9 Å². The van der Waals surface area contributed by atoms with Crippen molar-refractivity contribution in [1.29, 1.82) is 0 Å². The van der Waals surface area contributed by atoms with Gasteiger partial charge < -0.3 is 0 Å². The Morgan fingerprint density at radius 3 is 2.60 bits per heavy atom. The second-order valence-corrected chi connectivity index (χ2v) is 6.70. The molecule has 0 aliphatic carbocycles. The number of nitrogens with zero attached hydrogens (tertiary/aromatic N) is 1. The molecule has 0 spiro atoms. The molecule has 2 rings (SSSR count). The molecular formula is C9H7AsClNO3. The van der Waals surface area contributed by atoms with Crippen molar-refractivity contribution in [2.45, 2.75) is 0 Å². The summed E-state index contributed by atoms with van der Waals surface area (Å²) >= 11 is 0.797. The fourth-order valence-electron chi connectivity index (χ4n) is 1.37. The molecule has 78 valence electrons. The van der Waals surface area contributed by atoms with Crippen LogP contribution in [0.2, 0.25) is 5.15 Å². The van der Waals surface area contributed by atoms with E-state index < -0.39 is 14.2 Å². The Hall–Kier alpha value is -0.802. The summed E-state index contributed by atoms with van der Waals surface area (Å²) in [6.45, 7) is 0. The van der Waals surface area contributed by atoms with E-state index in [1.165, 1.54) is 12.1 Å². The molecule has 1 heterocycles. The number of hydrogen-bond acceptors (Lipinski definition) is 2.